The molecule has 2 N–H and O–H groups in total. The van der Waals surface area contributed by atoms with E-state index < -0.39 is 41.0 Å². The fourth-order valence-electron chi connectivity index (χ4n) is 3.02. The van der Waals surface area contributed by atoms with Crippen LogP contribution < -0.4 is 17.0 Å². The zero-order chi connectivity index (χ0) is 24.3. The van der Waals surface area contributed by atoms with Gasteiger partial charge in [-0.3, -0.25) is 18.7 Å². The second kappa shape index (κ2) is 9.66. The van der Waals surface area contributed by atoms with Gasteiger partial charge in [0, 0.05) is 19.1 Å². The van der Waals surface area contributed by atoms with Crippen LogP contribution in [0, 0.1) is 5.82 Å². The average molecular weight is 472 g/mol. The van der Waals surface area contributed by atoms with Gasteiger partial charge in [0.1, 0.15) is 17.2 Å². The zero-order valence-corrected chi connectivity index (χ0v) is 18.4. The molecule has 3 rings (SSSR count). The Hall–Kier alpha value is -3.98. The summed E-state index contributed by atoms with van der Waals surface area (Å²) in [6.45, 7) is -0.796. The number of halogens is 2. The molecule has 1 aromatic heterocycles. The van der Waals surface area contributed by atoms with Crippen molar-refractivity contribution in [1.29, 1.82) is 0 Å². The fraction of sp³-hybridized carbons (Fsp3) is 0.130. The van der Waals surface area contributed by atoms with E-state index in [0.29, 0.717) is 16.1 Å². The smallest absolute Gasteiger partial charge is 0.339 e. The highest BCUT2D eigenvalue weighted by Gasteiger charge is 2.23. The van der Waals surface area contributed by atoms with E-state index in [1.54, 1.807) is 24.3 Å². The van der Waals surface area contributed by atoms with Crippen molar-refractivity contribution in [3.05, 3.63) is 96.9 Å². The predicted molar refractivity (Wildman–Crippen MR) is 122 cm³/mol. The molecule has 0 aliphatic heterocycles. The highest BCUT2D eigenvalue weighted by molar-refractivity contribution is 6.30. The molecular formula is C23H19ClFN3O5. The number of benzene rings is 2. The van der Waals surface area contributed by atoms with Crippen molar-refractivity contribution in [2.45, 2.75) is 0 Å². The van der Waals surface area contributed by atoms with Crippen molar-refractivity contribution >= 4 is 40.8 Å². The third-order valence-electron chi connectivity index (χ3n) is 4.88. The summed E-state index contributed by atoms with van der Waals surface area (Å²) in [5.74, 6) is -2.58. The molecule has 1 heterocycles. The lowest BCUT2D eigenvalue weighted by Gasteiger charge is -2.12. The van der Waals surface area contributed by atoms with Crippen LogP contribution in [0.1, 0.15) is 21.5 Å². The summed E-state index contributed by atoms with van der Waals surface area (Å²) in [7, 11) is 2.51. The number of esters is 1. The van der Waals surface area contributed by atoms with Gasteiger partial charge in [0.05, 0.1) is 5.57 Å². The Morgan fingerprint density at radius 2 is 1.64 bits per heavy atom. The van der Waals surface area contributed by atoms with Crippen LogP contribution in [0.15, 0.2) is 58.1 Å². The topological polar surface area (TPSA) is 113 Å². The number of nitrogen functional groups attached to an aromatic ring is 1. The molecule has 0 radical (unpaired) electrons. The second-order valence-corrected chi connectivity index (χ2v) is 7.52. The van der Waals surface area contributed by atoms with Crippen molar-refractivity contribution in [3.8, 4) is 0 Å². The van der Waals surface area contributed by atoms with E-state index in [9.17, 15) is 23.6 Å². The molecule has 0 spiro atoms. The Kier molecular flexibility index (Phi) is 6.93. The van der Waals surface area contributed by atoms with Crippen LogP contribution in [-0.4, -0.2) is 27.5 Å². The van der Waals surface area contributed by atoms with E-state index in [4.69, 9.17) is 22.1 Å². The van der Waals surface area contributed by atoms with E-state index in [1.165, 1.54) is 44.4 Å². The van der Waals surface area contributed by atoms with Gasteiger partial charge in [-0.2, -0.15) is 0 Å². The van der Waals surface area contributed by atoms with Crippen LogP contribution in [0.3, 0.4) is 0 Å². The van der Waals surface area contributed by atoms with Crippen LogP contribution >= 0.6 is 11.6 Å². The Morgan fingerprint density at radius 1 is 1.03 bits per heavy atom. The minimum absolute atomic E-state index is 0.0476. The maximum atomic E-state index is 13.4. The molecule has 0 fully saturated rings. The summed E-state index contributed by atoms with van der Waals surface area (Å²) >= 11 is 5.90. The van der Waals surface area contributed by atoms with Gasteiger partial charge >= 0.3 is 11.7 Å². The summed E-state index contributed by atoms with van der Waals surface area (Å²) in [4.78, 5) is 49.8. The van der Waals surface area contributed by atoms with E-state index in [1.807, 2.05) is 0 Å². The van der Waals surface area contributed by atoms with E-state index in [-0.39, 0.29) is 11.4 Å². The fourth-order valence-corrected chi connectivity index (χ4v) is 3.14. The first kappa shape index (κ1) is 23.7. The number of carbonyl (C=O) groups is 2. The first-order valence-electron chi connectivity index (χ1n) is 9.59. The largest absolute Gasteiger partial charge is 0.454 e. The minimum atomic E-state index is -0.896. The number of ketones is 1. The van der Waals surface area contributed by atoms with Crippen LogP contribution in [0.5, 0.6) is 0 Å². The number of carbonyl (C=O) groups excluding carboxylic acids is 2. The normalized spacial score (nSPS) is 11.3. The van der Waals surface area contributed by atoms with Gasteiger partial charge in [-0.05, 0) is 41.5 Å². The number of anilines is 1. The van der Waals surface area contributed by atoms with Gasteiger partial charge < -0.3 is 10.5 Å². The van der Waals surface area contributed by atoms with E-state index >= 15 is 0 Å². The average Bonchev–Trinajstić information content (AvgIpc) is 2.80. The van der Waals surface area contributed by atoms with Crippen LogP contribution in [0.2, 0.25) is 5.02 Å². The maximum Gasteiger partial charge on any atom is 0.339 e. The number of Topliss-reactive ketones (excluding diaryl/α,β-unsaturated/α-hetero) is 1. The molecule has 10 heteroatoms. The van der Waals surface area contributed by atoms with Gasteiger partial charge in [-0.15, -0.1) is 0 Å². The van der Waals surface area contributed by atoms with E-state index in [0.717, 1.165) is 9.13 Å². The number of hydrogen-bond acceptors (Lipinski definition) is 6. The van der Waals surface area contributed by atoms with Crippen LogP contribution in [0.4, 0.5) is 10.2 Å². The summed E-state index contributed by atoms with van der Waals surface area (Å²) in [5.41, 5.74) is 4.72. The molecule has 3 aromatic rings. The lowest BCUT2D eigenvalue weighted by atomic mass is 10.0. The number of hydrogen-bond donors (Lipinski definition) is 1. The van der Waals surface area contributed by atoms with Gasteiger partial charge in [-0.25, -0.2) is 14.0 Å². The number of rotatable bonds is 6. The minimum Gasteiger partial charge on any atom is -0.454 e. The second-order valence-electron chi connectivity index (χ2n) is 7.08. The van der Waals surface area contributed by atoms with Crippen molar-refractivity contribution in [1.82, 2.24) is 9.13 Å². The molecule has 0 saturated carbocycles. The number of nitrogens with zero attached hydrogens (tertiary/aromatic N) is 2. The van der Waals surface area contributed by atoms with Crippen molar-refractivity contribution in [2.24, 2.45) is 14.1 Å². The van der Waals surface area contributed by atoms with Gasteiger partial charge in [0.15, 0.2) is 6.61 Å². The lowest BCUT2D eigenvalue weighted by molar-refractivity contribution is -0.135. The Labute approximate surface area is 192 Å². The molecule has 0 saturated heterocycles. The van der Waals surface area contributed by atoms with Gasteiger partial charge in [-0.1, -0.05) is 35.9 Å². The molecule has 0 unspecified atom stereocenters. The van der Waals surface area contributed by atoms with Crippen molar-refractivity contribution < 1.29 is 18.7 Å². The SMILES string of the molecule is Cn1c(N)c(C(=O)COC(=O)C(=Cc2ccc(Cl)cc2)c2ccc(F)cc2)c(=O)n(C)c1=O. The standard InChI is InChI=1S/C23H19ClFN3O5/c1-27-20(26)19(21(30)28(2)23(27)32)18(29)12-33-22(31)17(14-5-9-16(25)10-6-14)11-13-3-7-15(24)8-4-13/h3-11H,12,26H2,1-2H3. The highest BCUT2D eigenvalue weighted by atomic mass is 35.5. The first-order chi connectivity index (χ1) is 15.6. The molecule has 8 nitrogen and oxygen atoms in total. The lowest BCUT2D eigenvalue weighted by Crippen LogP contribution is -2.42. The Balaban J connectivity index is 1.91. The Morgan fingerprint density at radius 3 is 2.24 bits per heavy atom. The monoisotopic (exact) mass is 471 g/mol. The summed E-state index contributed by atoms with van der Waals surface area (Å²) < 4.78 is 20.2. The van der Waals surface area contributed by atoms with Crippen LogP contribution in [-0.2, 0) is 23.6 Å². The molecule has 0 aliphatic rings. The summed E-state index contributed by atoms with van der Waals surface area (Å²) in [6, 6.07) is 11.7. The molecular weight excluding hydrogens is 453 g/mol. The van der Waals surface area contributed by atoms with Gasteiger partial charge in [0.25, 0.3) is 5.56 Å². The highest BCUT2D eigenvalue weighted by Crippen LogP contribution is 2.22. The molecule has 0 aliphatic carbocycles. The third kappa shape index (κ3) is 5.09. The van der Waals surface area contributed by atoms with E-state index in [2.05, 4.69) is 0 Å². The molecule has 170 valence electrons. The molecule has 0 bridgehead atoms. The Bertz CT molecular complexity index is 1370. The summed E-state index contributed by atoms with van der Waals surface area (Å²) in [5, 5.41) is 0.500. The predicted octanol–water partition coefficient (Wildman–Crippen LogP) is 2.43. The first-order valence-corrected chi connectivity index (χ1v) is 9.97. The van der Waals surface area contributed by atoms with Crippen molar-refractivity contribution in [3.63, 3.8) is 0 Å². The molecule has 2 aromatic carbocycles. The zero-order valence-electron chi connectivity index (χ0n) is 17.7. The third-order valence-corrected chi connectivity index (χ3v) is 5.13. The maximum absolute atomic E-state index is 13.4. The van der Waals surface area contributed by atoms with Gasteiger partial charge in [0.2, 0.25) is 5.78 Å². The molecule has 0 amide bonds. The molecule has 33 heavy (non-hydrogen) atoms. The number of ether oxygens (including phenoxy) is 1. The van der Waals surface area contributed by atoms with Crippen molar-refractivity contribution in [2.75, 3.05) is 12.3 Å². The number of nitrogens with two attached hydrogens (primary N) is 1. The summed E-state index contributed by atoms with van der Waals surface area (Å²) in [6.07, 6.45) is 1.50. The van der Waals surface area contributed by atoms with Crippen LogP contribution in [0.25, 0.3) is 11.6 Å². The number of aromatic nitrogens is 2. The quantitative estimate of drug-likeness (QED) is 0.256. The molecule has 0 atom stereocenters.